The number of hydrogen-bond acceptors (Lipinski definition) is 6. The fraction of sp³-hybridized carbons (Fsp3) is 0.409. The molecule has 9 heteroatoms. The average molecular weight is 425 g/mol. The number of rotatable bonds is 8. The Morgan fingerprint density at radius 2 is 1.77 bits per heavy atom. The summed E-state index contributed by atoms with van der Waals surface area (Å²) in [5.41, 5.74) is 2.31. The molecule has 9 nitrogen and oxygen atoms in total. The Kier molecular flexibility index (Phi) is 7.17. The lowest BCUT2D eigenvalue weighted by Gasteiger charge is -2.10. The maximum absolute atomic E-state index is 12.3. The number of aromatic nitrogens is 4. The number of carbonyl (C=O) groups excluding carboxylic acids is 2. The SMILES string of the molecule is CC(C)c1ccc(Cn2nccc2NC(=O)C(=O)NCCc2nc(C(C)C)no2)cc1. The van der Waals surface area contributed by atoms with Gasteiger partial charge in [-0.15, -0.1) is 0 Å². The van der Waals surface area contributed by atoms with E-state index in [2.05, 4.69) is 51.9 Å². The van der Waals surface area contributed by atoms with Crippen molar-refractivity contribution in [1.29, 1.82) is 0 Å². The van der Waals surface area contributed by atoms with Crippen molar-refractivity contribution in [3.05, 3.63) is 59.4 Å². The monoisotopic (exact) mass is 424 g/mol. The molecule has 0 aliphatic rings. The van der Waals surface area contributed by atoms with Gasteiger partial charge in [-0.1, -0.05) is 57.1 Å². The topological polar surface area (TPSA) is 115 Å². The molecule has 0 radical (unpaired) electrons. The van der Waals surface area contributed by atoms with E-state index in [1.54, 1.807) is 16.9 Å². The van der Waals surface area contributed by atoms with Crippen LogP contribution in [0.25, 0.3) is 0 Å². The van der Waals surface area contributed by atoms with Crippen molar-refractivity contribution in [2.75, 3.05) is 11.9 Å². The lowest BCUT2D eigenvalue weighted by atomic mass is 10.0. The predicted octanol–water partition coefficient (Wildman–Crippen LogP) is 2.86. The third-order valence-electron chi connectivity index (χ3n) is 4.77. The van der Waals surface area contributed by atoms with Crippen LogP contribution in [-0.4, -0.2) is 38.3 Å². The van der Waals surface area contributed by atoms with Gasteiger partial charge >= 0.3 is 11.8 Å². The highest BCUT2D eigenvalue weighted by molar-refractivity contribution is 6.39. The van der Waals surface area contributed by atoms with E-state index in [4.69, 9.17) is 4.52 Å². The summed E-state index contributed by atoms with van der Waals surface area (Å²) < 4.78 is 6.76. The summed E-state index contributed by atoms with van der Waals surface area (Å²) in [6.07, 6.45) is 1.93. The normalized spacial score (nSPS) is 11.2. The number of anilines is 1. The maximum atomic E-state index is 12.3. The van der Waals surface area contributed by atoms with E-state index in [0.29, 0.717) is 36.4 Å². The molecule has 0 unspecified atom stereocenters. The molecule has 0 aliphatic carbocycles. The van der Waals surface area contributed by atoms with Crippen LogP contribution in [0.5, 0.6) is 0 Å². The zero-order valence-corrected chi connectivity index (χ0v) is 18.3. The van der Waals surface area contributed by atoms with Gasteiger partial charge in [0.05, 0.1) is 12.7 Å². The summed E-state index contributed by atoms with van der Waals surface area (Å²) in [6.45, 7) is 8.92. The Bertz CT molecular complexity index is 1020. The highest BCUT2D eigenvalue weighted by Crippen LogP contribution is 2.16. The molecule has 2 N–H and O–H groups in total. The van der Waals surface area contributed by atoms with Gasteiger partial charge in [0, 0.05) is 24.9 Å². The minimum atomic E-state index is -0.759. The van der Waals surface area contributed by atoms with Gasteiger partial charge in [0.25, 0.3) is 0 Å². The molecular formula is C22H28N6O3. The van der Waals surface area contributed by atoms with Crippen molar-refractivity contribution in [2.24, 2.45) is 0 Å². The summed E-state index contributed by atoms with van der Waals surface area (Å²) in [5, 5.41) is 13.3. The molecule has 0 fully saturated rings. The quantitative estimate of drug-likeness (QED) is 0.537. The molecular weight excluding hydrogens is 396 g/mol. The lowest BCUT2D eigenvalue weighted by molar-refractivity contribution is -0.136. The van der Waals surface area contributed by atoms with E-state index in [9.17, 15) is 9.59 Å². The van der Waals surface area contributed by atoms with Crippen LogP contribution in [0, 0.1) is 0 Å². The summed E-state index contributed by atoms with van der Waals surface area (Å²) in [6, 6.07) is 9.90. The van der Waals surface area contributed by atoms with Crippen LogP contribution in [0.3, 0.4) is 0 Å². The second-order valence-electron chi connectivity index (χ2n) is 7.93. The van der Waals surface area contributed by atoms with Crippen molar-refractivity contribution >= 4 is 17.6 Å². The van der Waals surface area contributed by atoms with Gasteiger partial charge in [0.1, 0.15) is 5.82 Å². The molecule has 2 aromatic heterocycles. The van der Waals surface area contributed by atoms with E-state index in [1.165, 1.54) is 5.56 Å². The first-order valence-corrected chi connectivity index (χ1v) is 10.4. The van der Waals surface area contributed by atoms with E-state index in [0.717, 1.165) is 5.56 Å². The summed E-state index contributed by atoms with van der Waals surface area (Å²) in [5.74, 6) is 0.617. The Labute approximate surface area is 181 Å². The van der Waals surface area contributed by atoms with Crippen molar-refractivity contribution in [3.63, 3.8) is 0 Å². The number of nitrogens with zero attached hydrogens (tertiary/aromatic N) is 4. The van der Waals surface area contributed by atoms with Gasteiger partial charge in [-0.05, 0) is 17.0 Å². The van der Waals surface area contributed by atoms with E-state index < -0.39 is 11.8 Å². The smallest absolute Gasteiger partial charge is 0.314 e. The molecule has 0 atom stereocenters. The molecule has 3 aromatic rings. The van der Waals surface area contributed by atoms with Gasteiger partial charge in [0.2, 0.25) is 5.89 Å². The van der Waals surface area contributed by atoms with E-state index in [-0.39, 0.29) is 12.5 Å². The third kappa shape index (κ3) is 6.00. The fourth-order valence-corrected chi connectivity index (χ4v) is 2.89. The molecule has 0 saturated heterocycles. The molecule has 0 bridgehead atoms. The molecule has 164 valence electrons. The predicted molar refractivity (Wildman–Crippen MR) is 116 cm³/mol. The molecule has 31 heavy (non-hydrogen) atoms. The number of benzene rings is 1. The number of nitrogens with one attached hydrogen (secondary N) is 2. The van der Waals surface area contributed by atoms with Gasteiger partial charge in [-0.3, -0.25) is 9.59 Å². The molecule has 0 spiro atoms. The first-order valence-electron chi connectivity index (χ1n) is 10.4. The molecule has 0 saturated carbocycles. The lowest BCUT2D eigenvalue weighted by Crippen LogP contribution is -2.37. The van der Waals surface area contributed by atoms with Gasteiger partial charge in [-0.2, -0.15) is 10.1 Å². The summed E-state index contributed by atoms with van der Waals surface area (Å²) in [7, 11) is 0. The third-order valence-corrected chi connectivity index (χ3v) is 4.77. The highest BCUT2D eigenvalue weighted by Gasteiger charge is 2.16. The second-order valence-corrected chi connectivity index (χ2v) is 7.93. The van der Waals surface area contributed by atoms with Gasteiger partial charge in [-0.25, -0.2) is 4.68 Å². The summed E-state index contributed by atoms with van der Waals surface area (Å²) in [4.78, 5) is 28.6. The Balaban J connectivity index is 1.51. The Morgan fingerprint density at radius 1 is 1.03 bits per heavy atom. The molecule has 3 rings (SSSR count). The van der Waals surface area contributed by atoms with Crippen LogP contribution in [0.1, 0.15) is 62.4 Å². The highest BCUT2D eigenvalue weighted by atomic mass is 16.5. The van der Waals surface area contributed by atoms with Crippen molar-refractivity contribution in [2.45, 2.75) is 52.5 Å². The summed E-state index contributed by atoms with van der Waals surface area (Å²) >= 11 is 0. The van der Waals surface area contributed by atoms with Crippen molar-refractivity contribution < 1.29 is 14.1 Å². The van der Waals surface area contributed by atoms with Crippen LogP contribution in [0.4, 0.5) is 5.82 Å². The molecule has 1 aromatic carbocycles. The van der Waals surface area contributed by atoms with Gasteiger partial charge in [0.15, 0.2) is 5.82 Å². The number of amides is 2. The van der Waals surface area contributed by atoms with Gasteiger partial charge < -0.3 is 15.2 Å². The maximum Gasteiger partial charge on any atom is 0.314 e. The average Bonchev–Trinajstić information content (AvgIpc) is 3.38. The number of hydrogen-bond donors (Lipinski definition) is 2. The van der Waals surface area contributed by atoms with Crippen molar-refractivity contribution in [3.8, 4) is 0 Å². The second kappa shape index (κ2) is 10.0. The van der Waals surface area contributed by atoms with Crippen LogP contribution in [0.2, 0.25) is 0 Å². The zero-order valence-electron chi connectivity index (χ0n) is 18.3. The van der Waals surface area contributed by atoms with Crippen LogP contribution < -0.4 is 10.6 Å². The standard InChI is InChI=1S/C22H28N6O3/c1-14(2)17-7-5-16(6-8-17)13-28-18(9-12-24-28)25-22(30)21(29)23-11-10-19-26-20(15(3)4)27-31-19/h5-9,12,14-15H,10-11,13H2,1-4H3,(H,23,29)(H,25,30). The molecule has 2 heterocycles. The van der Waals surface area contributed by atoms with Crippen LogP contribution in [0.15, 0.2) is 41.1 Å². The largest absolute Gasteiger partial charge is 0.347 e. The Morgan fingerprint density at radius 3 is 2.42 bits per heavy atom. The van der Waals surface area contributed by atoms with E-state index >= 15 is 0 Å². The molecule has 0 aliphatic heterocycles. The Hall–Kier alpha value is -3.49. The van der Waals surface area contributed by atoms with Crippen molar-refractivity contribution in [1.82, 2.24) is 25.2 Å². The van der Waals surface area contributed by atoms with E-state index in [1.807, 2.05) is 26.0 Å². The first kappa shape index (κ1) is 22.2. The van der Waals surface area contributed by atoms with Crippen LogP contribution >= 0.6 is 0 Å². The minimum absolute atomic E-state index is 0.163. The molecule has 2 amide bonds. The number of carbonyl (C=O) groups is 2. The fourth-order valence-electron chi connectivity index (χ4n) is 2.89. The minimum Gasteiger partial charge on any atom is -0.347 e. The zero-order chi connectivity index (χ0) is 22.4. The van der Waals surface area contributed by atoms with Crippen LogP contribution in [-0.2, 0) is 22.6 Å². The first-order chi connectivity index (χ1) is 14.8.